The van der Waals surface area contributed by atoms with Crippen LogP contribution in [0.15, 0.2) is 43.0 Å². The molecule has 0 fully saturated rings. The van der Waals surface area contributed by atoms with E-state index in [-0.39, 0.29) is 28.6 Å². The second-order valence-corrected chi connectivity index (χ2v) is 10.1. The normalized spacial score (nSPS) is 12.0. The fourth-order valence-electron chi connectivity index (χ4n) is 4.61. The molecule has 1 amide bonds. The van der Waals surface area contributed by atoms with Gasteiger partial charge in [0, 0.05) is 36.4 Å². The van der Waals surface area contributed by atoms with Gasteiger partial charge in [0.1, 0.15) is 6.54 Å². The Balaban J connectivity index is 1.54. The topological polar surface area (TPSA) is 92.4 Å². The molecule has 0 aliphatic heterocycles. The van der Waals surface area contributed by atoms with Gasteiger partial charge in [-0.25, -0.2) is 18.7 Å². The number of anilines is 2. The summed E-state index contributed by atoms with van der Waals surface area (Å²) in [5, 5.41) is 9.46. The maximum Gasteiger partial charge on any atom is 0.435 e. The number of benzene rings is 1. The van der Waals surface area contributed by atoms with Crippen molar-refractivity contribution in [3.63, 3.8) is 0 Å². The Hall–Kier alpha value is -4.07. The van der Waals surface area contributed by atoms with E-state index in [0.717, 1.165) is 37.6 Å². The predicted octanol–water partition coefficient (Wildman–Crippen LogP) is 5.64. The van der Waals surface area contributed by atoms with E-state index in [1.54, 1.807) is 12.1 Å². The van der Waals surface area contributed by atoms with Gasteiger partial charge >= 0.3 is 6.18 Å². The molecule has 14 heteroatoms. The standard InChI is InChI=1S/C28H33F5N8O/c1-4-18-14-19(8-9-20(18)27(42)35-10-6-5-7-12-39(2)3)37-25-26-36-15-22(41(26)13-11-34-25)21-16-40(17-23(29)30)38-24(21)28(31,32)33/h8-9,11,13-16,23H,4-7,10,12,17H2,1-3H3,(H,34,37)(H,35,42). The van der Waals surface area contributed by atoms with Crippen molar-refractivity contribution >= 4 is 23.1 Å². The van der Waals surface area contributed by atoms with Crippen LogP contribution in [0.5, 0.6) is 0 Å². The quantitative estimate of drug-likeness (QED) is 0.154. The van der Waals surface area contributed by atoms with E-state index in [9.17, 15) is 26.7 Å². The number of hydrogen-bond donors (Lipinski definition) is 2. The number of carbonyl (C=O) groups excluding carboxylic acids is 1. The maximum absolute atomic E-state index is 13.7. The number of aromatic nitrogens is 5. The van der Waals surface area contributed by atoms with Crippen LogP contribution in [0, 0.1) is 0 Å². The molecule has 42 heavy (non-hydrogen) atoms. The number of hydrogen-bond acceptors (Lipinski definition) is 6. The van der Waals surface area contributed by atoms with Gasteiger partial charge in [0.05, 0.1) is 17.5 Å². The zero-order valence-electron chi connectivity index (χ0n) is 23.5. The fourth-order valence-corrected chi connectivity index (χ4v) is 4.61. The van der Waals surface area contributed by atoms with Crippen LogP contribution in [-0.4, -0.2) is 68.6 Å². The van der Waals surface area contributed by atoms with Gasteiger partial charge in [-0.3, -0.25) is 13.9 Å². The number of rotatable bonds is 13. The van der Waals surface area contributed by atoms with Gasteiger partial charge in [-0.15, -0.1) is 0 Å². The first kappa shape index (κ1) is 30.9. The molecule has 0 spiro atoms. The fraction of sp³-hybridized carbons (Fsp3) is 0.429. The summed E-state index contributed by atoms with van der Waals surface area (Å²) in [4.78, 5) is 23.5. The minimum atomic E-state index is -4.86. The Morgan fingerprint density at radius 3 is 2.60 bits per heavy atom. The highest BCUT2D eigenvalue weighted by molar-refractivity contribution is 5.96. The average Bonchev–Trinajstić information content (AvgIpc) is 3.54. The molecule has 1 aromatic carbocycles. The van der Waals surface area contributed by atoms with E-state index in [4.69, 9.17) is 0 Å². The van der Waals surface area contributed by atoms with Crippen molar-refractivity contribution in [1.82, 2.24) is 34.4 Å². The zero-order chi connectivity index (χ0) is 30.4. The first-order valence-electron chi connectivity index (χ1n) is 13.6. The molecule has 0 saturated heterocycles. The van der Waals surface area contributed by atoms with Crippen molar-refractivity contribution in [2.75, 3.05) is 32.5 Å². The van der Waals surface area contributed by atoms with E-state index in [2.05, 4.69) is 30.6 Å². The smallest absolute Gasteiger partial charge is 0.352 e. The molecule has 4 aromatic rings. The van der Waals surface area contributed by atoms with Gasteiger partial charge in [0.15, 0.2) is 17.2 Å². The minimum Gasteiger partial charge on any atom is -0.352 e. The third-order valence-corrected chi connectivity index (χ3v) is 6.62. The number of alkyl halides is 5. The molecule has 0 radical (unpaired) electrons. The summed E-state index contributed by atoms with van der Waals surface area (Å²) < 4.78 is 68.8. The highest BCUT2D eigenvalue weighted by Gasteiger charge is 2.38. The van der Waals surface area contributed by atoms with Crippen LogP contribution in [0.25, 0.3) is 16.9 Å². The Morgan fingerprint density at radius 2 is 1.90 bits per heavy atom. The average molecular weight is 593 g/mol. The lowest BCUT2D eigenvalue weighted by molar-refractivity contribution is -0.141. The SMILES string of the molecule is CCc1cc(Nc2nccn3c(-c4cn(CC(F)F)nc4C(F)(F)F)cnc23)ccc1C(=O)NCCCCCN(C)C. The molecular weight excluding hydrogens is 559 g/mol. The highest BCUT2D eigenvalue weighted by Crippen LogP contribution is 2.37. The lowest BCUT2D eigenvalue weighted by Crippen LogP contribution is -2.25. The second kappa shape index (κ2) is 13.3. The molecular formula is C28H33F5N8O. The number of amides is 1. The Bertz CT molecular complexity index is 1510. The van der Waals surface area contributed by atoms with Crippen LogP contribution >= 0.6 is 0 Å². The van der Waals surface area contributed by atoms with Gasteiger partial charge in [-0.1, -0.05) is 13.3 Å². The molecule has 0 atom stereocenters. The molecule has 0 unspecified atom stereocenters. The van der Waals surface area contributed by atoms with Crippen LogP contribution in [0.3, 0.4) is 0 Å². The molecule has 2 N–H and O–H groups in total. The van der Waals surface area contributed by atoms with E-state index < -0.39 is 24.8 Å². The van der Waals surface area contributed by atoms with Crippen molar-refractivity contribution in [3.05, 3.63) is 59.8 Å². The molecule has 226 valence electrons. The summed E-state index contributed by atoms with van der Waals surface area (Å²) in [6.45, 7) is 2.55. The number of fused-ring (bicyclic) bond motifs is 1. The van der Waals surface area contributed by atoms with Crippen molar-refractivity contribution in [2.45, 2.75) is 51.8 Å². The summed E-state index contributed by atoms with van der Waals surface area (Å²) in [6, 6.07) is 5.25. The first-order chi connectivity index (χ1) is 20.0. The molecule has 3 heterocycles. The van der Waals surface area contributed by atoms with Crippen molar-refractivity contribution in [2.24, 2.45) is 0 Å². The number of nitrogens with one attached hydrogen (secondary N) is 2. The number of halogens is 5. The number of imidazole rings is 1. The monoisotopic (exact) mass is 592 g/mol. The molecule has 0 aliphatic rings. The van der Waals surface area contributed by atoms with Crippen LogP contribution in [0.1, 0.15) is 47.8 Å². The molecule has 0 bridgehead atoms. The summed E-state index contributed by atoms with van der Waals surface area (Å²) in [5.74, 6) is 0.103. The molecule has 0 aliphatic carbocycles. The first-order valence-corrected chi connectivity index (χ1v) is 13.6. The molecule has 3 aromatic heterocycles. The van der Waals surface area contributed by atoms with Gasteiger partial charge < -0.3 is 15.5 Å². The van der Waals surface area contributed by atoms with E-state index in [0.29, 0.717) is 28.9 Å². The Morgan fingerprint density at radius 1 is 1.12 bits per heavy atom. The van der Waals surface area contributed by atoms with E-state index in [1.165, 1.54) is 23.0 Å². The summed E-state index contributed by atoms with van der Waals surface area (Å²) in [5.41, 5.74) is 0.550. The third kappa shape index (κ3) is 7.41. The minimum absolute atomic E-state index is 0.0197. The Labute approximate surface area is 239 Å². The van der Waals surface area contributed by atoms with Crippen molar-refractivity contribution < 1.29 is 26.7 Å². The van der Waals surface area contributed by atoms with Gasteiger partial charge in [0.2, 0.25) is 0 Å². The summed E-state index contributed by atoms with van der Waals surface area (Å²) in [7, 11) is 4.06. The predicted molar refractivity (Wildman–Crippen MR) is 149 cm³/mol. The summed E-state index contributed by atoms with van der Waals surface area (Å²) in [6.07, 6.45) is 0.799. The number of unbranched alkanes of at least 4 members (excludes halogenated alkanes) is 2. The van der Waals surface area contributed by atoms with Gasteiger partial charge in [-0.05, 0) is 63.7 Å². The lowest BCUT2D eigenvalue weighted by atomic mass is 10.0. The molecule has 9 nitrogen and oxygen atoms in total. The van der Waals surface area contributed by atoms with Crippen LogP contribution in [0.2, 0.25) is 0 Å². The van der Waals surface area contributed by atoms with Crippen LogP contribution in [-0.2, 0) is 19.1 Å². The summed E-state index contributed by atoms with van der Waals surface area (Å²) >= 11 is 0. The van der Waals surface area contributed by atoms with Gasteiger partial charge in [-0.2, -0.15) is 18.3 Å². The van der Waals surface area contributed by atoms with E-state index >= 15 is 0 Å². The molecule has 4 rings (SSSR count). The third-order valence-electron chi connectivity index (χ3n) is 6.62. The zero-order valence-corrected chi connectivity index (χ0v) is 23.5. The lowest BCUT2D eigenvalue weighted by Gasteiger charge is -2.13. The van der Waals surface area contributed by atoms with Crippen molar-refractivity contribution in [1.29, 1.82) is 0 Å². The largest absolute Gasteiger partial charge is 0.435 e. The second-order valence-electron chi connectivity index (χ2n) is 10.1. The number of nitrogens with zero attached hydrogens (tertiary/aromatic N) is 6. The maximum atomic E-state index is 13.7. The highest BCUT2D eigenvalue weighted by atomic mass is 19.4. The number of aryl methyl sites for hydroxylation is 1. The molecule has 0 saturated carbocycles. The van der Waals surface area contributed by atoms with E-state index in [1.807, 2.05) is 27.1 Å². The van der Waals surface area contributed by atoms with Gasteiger partial charge in [0.25, 0.3) is 12.3 Å². The van der Waals surface area contributed by atoms with Crippen LogP contribution in [0.4, 0.5) is 33.5 Å². The van der Waals surface area contributed by atoms with Crippen LogP contribution < -0.4 is 10.6 Å². The number of carbonyl (C=O) groups is 1. The van der Waals surface area contributed by atoms with Crippen molar-refractivity contribution in [3.8, 4) is 11.3 Å². The Kier molecular flexibility index (Phi) is 9.76.